The number of thiophene rings is 1. The van der Waals surface area contributed by atoms with E-state index in [1.807, 2.05) is 35.2 Å². The van der Waals surface area contributed by atoms with Crippen molar-refractivity contribution in [2.45, 2.75) is 47.2 Å². The minimum Gasteiger partial charge on any atom is -0.333 e. The summed E-state index contributed by atoms with van der Waals surface area (Å²) in [5, 5.41) is 0. The Morgan fingerprint density at radius 3 is 2.30 bits per heavy atom. The number of amides is 2. The predicted molar refractivity (Wildman–Crippen MR) is 111 cm³/mol. The maximum atomic E-state index is 13.1. The highest BCUT2D eigenvalue weighted by Gasteiger charge is 2.21. The van der Waals surface area contributed by atoms with Crippen LogP contribution in [0.15, 0.2) is 42.5 Å². The number of benzene rings is 1. The van der Waals surface area contributed by atoms with E-state index in [4.69, 9.17) is 0 Å². The minimum absolute atomic E-state index is 0.0107. The Hall–Kier alpha value is -2.14. The van der Waals surface area contributed by atoms with E-state index in [-0.39, 0.29) is 18.4 Å². The summed E-state index contributed by atoms with van der Waals surface area (Å²) in [5.74, 6) is 0.322. The lowest BCUT2D eigenvalue weighted by atomic mass is 10.1. The normalized spacial score (nSPS) is 11.9. The van der Waals surface area contributed by atoms with Gasteiger partial charge in [0, 0.05) is 29.8 Å². The number of hydrogen-bond donors (Lipinski definition) is 0. The first kappa shape index (κ1) is 21.2. The van der Waals surface area contributed by atoms with Gasteiger partial charge < -0.3 is 9.80 Å². The minimum atomic E-state index is -0.0460. The first-order valence-corrected chi connectivity index (χ1v) is 10.3. The van der Waals surface area contributed by atoms with Crippen LogP contribution >= 0.6 is 11.3 Å². The summed E-state index contributed by atoms with van der Waals surface area (Å²) in [6.45, 7) is 9.70. The van der Waals surface area contributed by atoms with E-state index in [1.54, 1.807) is 23.2 Å². The number of hydrogen-bond acceptors (Lipinski definition) is 3. The van der Waals surface area contributed by atoms with Crippen LogP contribution in [0.3, 0.4) is 0 Å². The fraction of sp³-hybridized carbons (Fsp3) is 0.455. The van der Waals surface area contributed by atoms with Crippen LogP contribution in [-0.4, -0.2) is 34.7 Å². The Morgan fingerprint density at radius 2 is 1.74 bits per heavy atom. The second-order valence-corrected chi connectivity index (χ2v) is 8.53. The van der Waals surface area contributed by atoms with Crippen molar-refractivity contribution in [1.29, 1.82) is 0 Å². The SMILES string of the molecule is CC[C@H](C)CN(CC(=O)N(Cc1ccccc1)Cc1ccc(C)s1)C(C)=O. The van der Waals surface area contributed by atoms with Crippen LogP contribution in [0.4, 0.5) is 0 Å². The van der Waals surface area contributed by atoms with E-state index < -0.39 is 0 Å². The van der Waals surface area contributed by atoms with Gasteiger partial charge in [-0.1, -0.05) is 50.6 Å². The van der Waals surface area contributed by atoms with Crippen LogP contribution in [0.2, 0.25) is 0 Å². The molecule has 0 saturated heterocycles. The molecule has 2 amide bonds. The summed E-state index contributed by atoms with van der Waals surface area (Å²) in [6, 6.07) is 14.2. The molecule has 4 nitrogen and oxygen atoms in total. The standard InChI is InChI=1S/C22H30N2O2S/c1-5-17(2)13-23(19(4)25)16-22(26)24(14-20-9-7-6-8-10-20)15-21-12-11-18(3)27-21/h6-12,17H,5,13-16H2,1-4H3/t17-/m0/s1. The van der Waals surface area contributed by atoms with Gasteiger partial charge in [-0.15, -0.1) is 11.3 Å². The summed E-state index contributed by atoms with van der Waals surface area (Å²) in [4.78, 5) is 31.0. The van der Waals surface area contributed by atoms with Gasteiger partial charge in [0.05, 0.1) is 13.1 Å². The Labute approximate surface area is 166 Å². The molecule has 0 unspecified atom stereocenters. The van der Waals surface area contributed by atoms with Crippen molar-refractivity contribution in [3.63, 3.8) is 0 Å². The molecular weight excluding hydrogens is 356 g/mol. The molecule has 2 aromatic rings. The molecule has 2 rings (SSSR count). The molecule has 0 bridgehead atoms. The van der Waals surface area contributed by atoms with Crippen LogP contribution in [0, 0.1) is 12.8 Å². The molecule has 1 atom stereocenters. The maximum absolute atomic E-state index is 13.1. The van der Waals surface area contributed by atoms with Crippen molar-refractivity contribution in [1.82, 2.24) is 9.80 Å². The Morgan fingerprint density at radius 1 is 1.04 bits per heavy atom. The Balaban J connectivity index is 2.14. The largest absolute Gasteiger partial charge is 0.333 e. The average molecular weight is 387 g/mol. The smallest absolute Gasteiger partial charge is 0.242 e. The lowest BCUT2D eigenvalue weighted by Crippen LogP contribution is -2.43. The molecule has 0 aliphatic carbocycles. The number of nitrogens with zero attached hydrogens (tertiary/aromatic N) is 2. The molecule has 146 valence electrons. The first-order chi connectivity index (χ1) is 12.9. The average Bonchev–Trinajstić information content (AvgIpc) is 3.06. The molecule has 0 aliphatic heterocycles. The molecule has 1 aromatic carbocycles. The highest BCUT2D eigenvalue weighted by atomic mass is 32.1. The van der Waals surface area contributed by atoms with Crippen molar-refractivity contribution in [2.24, 2.45) is 5.92 Å². The third-order valence-corrected chi connectivity index (χ3v) is 5.70. The van der Waals surface area contributed by atoms with Crippen LogP contribution < -0.4 is 0 Å². The summed E-state index contributed by atoms with van der Waals surface area (Å²) in [7, 11) is 0. The van der Waals surface area contributed by atoms with E-state index in [2.05, 4.69) is 32.9 Å². The maximum Gasteiger partial charge on any atom is 0.242 e. The van der Waals surface area contributed by atoms with Crippen LogP contribution in [-0.2, 0) is 22.7 Å². The molecule has 27 heavy (non-hydrogen) atoms. The Kier molecular flexibility index (Phi) is 8.04. The summed E-state index contributed by atoms with van der Waals surface area (Å²) in [5.41, 5.74) is 1.09. The van der Waals surface area contributed by atoms with Gasteiger partial charge >= 0.3 is 0 Å². The fourth-order valence-electron chi connectivity index (χ4n) is 2.87. The second-order valence-electron chi connectivity index (χ2n) is 7.16. The van der Waals surface area contributed by atoms with E-state index in [1.165, 1.54) is 4.88 Å². The lowest BCUT2D eigenvalue weighted by molar-refractivity contribution is -0.140. The van der Waals surface area contributed by atoms with Crippen molar-refractivity contribution < 1.29 is 9.59 Å². The molecule has 0 N–H and O–H groups in total. The summed E-state index contributed by atoms with van der Waals surface area (Å²) < 4.78 is 0. The molecule has 0 fully saturated rings. The zero-order chi connectivity index (χ0) is 19.8. The predicted octanol–water partition coefficient (Wildman–Crippen LogP) is 4.48. The summed E-state index contributed by atoms with van der Waals surface area (Å²) >= 11 is 1.71. The van der Waals surface area contributed by atoms with Gasteiger partial charge in [-0.05, 0) is 30.5 Å². The van der Waals surface area contributed by atoms with Crippen LogP contribution in [0.5, 0.6) is 0 Å². The third kappa shape index (κ3) is 6.83. The monoisotopic (exact) mass is 386 g/mol. The van der Waals surface area contributed by atoms with Crippen molar-refractivity contribution in [3.05, 3.63) is 57.8 Å². The van der Waals surface area contributed by atoms with Gasteiger partial charge in [0.25, 0.3) is 0 Å². The number of carbonyl (C=O) groups excluding carboxylic acids is 2. The molecule has 5 heteroatoms. The van der Waals surface area contributed by atoms with Crippen LogP contribution in [0.25, 0.3) is 0 Å². The van der Waals surface area contributed by atoms with E-state index in [0.29, 0.717) is 25.6 Å². The zero-order valence-electron chi connectivity index (χ0n) is 16.8. The Bertz CT molecular complexity index is 742. The van der Waals surface area contributed by atoms with Crippen LogP contribution in [0.1, 0.15) is 42.5 Å². The molecule has 0 aliphatic rings. The quantitative estimate of drug-likeness (QED) is 0.637. The molecule has 1 heterocycles. The molecule has 0 saturated carbocycles. The third-order valence-electron chi connectivity index (χ3n) is 4.71. The highest BCUT2D eigenvalue weighted by Crippen LogP contribution is 2.19. The molecule has 0 spiro atoms. The van der Waals surface area contributed by atoms with Gasteiger partial charge in [-0.2, -0.15) is 0 Å². The lowest BCUT2D eigenvalue weighted by Gasteiger charge is -2.28. The van der Waals surface area contributed by atoms with E-state index in [9.17, 15) is 9.59 Å². The fourth-order valence-corrected chi connectivity index (χ4v) is 3.77. The van der Waals surface area contributed by atoms with Crippen molar-refractivity contribution in [3.8, 4) is 0 Å². The number of aryl methyl sites for hydroxylation is 1. The molecule has 0 radical (unpaired) electrons. The van der Waals surface area contributed by atoms with Gasteiger partial charge in [0.15, 0.2) is 0 Å². The molecular formula is C22H30N2O2S. The topological polar surface area (TPSA) is 40.6 Å². The number of carbonyl (C=O) groups is 2. The molecule has 1 aromatic heterocycles. The first-order valence-electron chi connectivity index (χ1n) is 9.51. The number of rotatable bonds is 9. The van der Waals surface area contributed by atoms with E-state index >= 15 is 0 Å². The highest BCUT2D eigenvalue weighted by molar-refractivity contribution is 7.11. The van der Waals surface area contributed by atoms with Gasteiger partial charge in [-0.3, -0.25) is 9.59 Å². The van der Waals surface area contributed by atoms with E-state index in [0.717, 1.165) is 16.9 Å². The zero-order valence-corrected chi connectivity index (χ0v) is 17.6. The van der Waals surface area contributed by atoms with Crippen molar-refractivity contribution in [2.75, 3.05) is 13.1 Å². The van der Waals surface area contributed by atoms with Gasteiger partial charge in [0.1, 0.15) is 0 Å². The second kappa shape index (κ2) is 10.3. The summed E-state index contributed by atoms with van der Waals surface area (Å²) in [6.07, 6.45) is 0.986. The van der Waals surface area contributed by atoms with Crippen molar-refractivity contribution >= 4 is 23.2 Å². The van der Waals surface area contributed by atoms with Gasteiger partial charge in [-0.25, -0.2) is 0 Å². The van der Waals surface area contributed by atoms with Gasteiger partial charge in [0.2, 0.25) is 11.8 Å².